The fourth-order valence-corrected chi connectivity index (χ4v) is 2.90. The summed E-state index contributed by atoms with van der Waals surface area (Å²) in [4.78, 5) is 24.6. The van der Waals surface area contributed by atoms with E-state index in [4.69, 9.17) is 0 Å². The van der Waals surface area contributed by atoms with Crippen LogP contribution in [0.3, 0.4) is 0 Å². The Kier molecular flexibility index (Phi) is 13.6. The molecule has 0 aromatic heterocycles. The minimum atomic E-state index is -1.07. The van der Waals surface area contributed by atoms with Crippen LogP contribution in [-0.2, 0) is 9.59 Å². The average molecular weight is 440 g/mol. The summed E-state index contributed by atoms with van der Waals surface area (Å²) in [7, 11) is 0. The lowest BCUT2D eigenvalue weighted by Crippen LogP contribution is -2.32. The van der Waals surface area contributed by atoms with Crippen LogP contribution in [0.5, 0.6) is 0 Å². The van der Waals surface area contributed by atoms with Crippen LogP contribution in [0, 0.1) is 5.92 Å². The van der Waals surface area contributed by atoms with Gasteiger partial charge in [-0.3, -0.25) is 9.59 Å². The van der Waals surface area contributed by atoms with Crippen LogP contribution in [0.2, 0.25) is 0 Å². The van der Waals surface area contributed by atoms with Gasteiger partial charge in [-0.05, 0) is 32.3 Å². The van der Waals surface area contributed by atoms with Gasteiger partial charge in [0.1, 0.15) is 12.2 Å². The van der Waals surface area contributed by atoms with E-state index >= 15 is 0 Å². The topological polar surface area (TPSA) is 86.6 Å². The van der Waals surface area contributed by atoms with Crippen LogP contribution in [0.4, 0.5) is 0 Å². The Morgan fingerprint density at radius 2 is 1.72 bits per heavy atom. The van der Waals surface area contributed by atoms with Gasteiger partial charge in [0.2, 0.25) is 5.91 Å². The van der Waals surface area contributed by atoms with E-state index in [1.54, 1.807) is 62.5 Å². The first-order chi connectivity index (χ1) is 15.3. The highest BCUT2D eigenvalue weighted by Gasteiger charge is 2.11. The summed E-state index contributed by atoms with van der Waals surface area (Å²) in [5, 5.41) is 23.1. The molecule has 1 rings (SSSR count). The highest BCUT2D eigenvalue weighted by atomic mass is 16.3. The molecule has 0 saturated carbocycles. The molecular formula is C27H37NO4. The van der Waals surface area contributed by atoms with Gasteiger partial charge in [0.05, 0.1) is 0 Å². The van der Waals surface area contributed by atoms with Gasteiger partial charge < -0.3 is 15.5 Å². The number of ketones is 1. The maximum atomic E-state index is 12.3. The van der Waals surface area contributed by atoms with Crippen molar-refractivity contribution < 1.29 is 19.8 Å². The van der Waals surface area contributed by atoms with Gasteiger partial charge in [0.25, 0.3) is 0 Å². The smallest absolute Gasteiger partial charge is 0.244 e. The molecule has 4 atom stereocenters. The quantitative estimate of drug-likeness (QED) is 0.571. The van der Waals surface area contributed by atoms with Crippen molar-refractivity contribution in [3.8, 4) is 0 Å². The van der Waals surface area contributed by atoms with E-state index in [1.807, 2.05) is 0 Å². The summed E-state index contributed by atoms with van der Waals surface area (Å²) >= 11 is 0. The summed E-state index contributed by atoms with van der Waals surface area (Å²) in [6.07, 6.45) is 23.3. The molecule has 0 fully saturated rings. The average Bonchev–Trinajstić information content (AvgIpc) is 2.75. The Hall–Kier alpha value is -2.76. The van der Waals surface area contributed by atoms with Crippen molar-refractivity contribution in [2.45, 2.75) is 64.7 Å². The summed E-state index contributed by atoms with van der Waals surface area (Å²) in [6.45, 7) is 5.71. The van der Waals surface area contributed by atoms with Crippen molar-refractivity contribution in [3.05, 3.63) is 84.6 Å². The number of carbonyl (C=O) groups is 2. The second-order valence-electron chi connectivity index (χ2n) is 7.91. The number of hydrogen-bond acceptors (Lipinski definition) is 4. The molecule has 0 aromatic carbocycles. The standard InChI is InChI=1S/C27H37NO4/c1-4-5-6-7-15-23-16-12-18-24(29)22(3)14-9-10-17-25(30)26(31)20-21(2)13-8-11-19-27(32)28-23/h6-14,17-20,22-23,25-26,30-31H,4-5,15-16H2,1-3H3,(H,28,32)/b7-6+,13-8+,14-9+,17-10-,18-12+,19-11+,21-20-. The second-order valence-corrected chi connectivity index (χ2v) is 7.91. The molecule has 0 radical (unpaired) electrons. The molecule has 1 aliphatic rings. The maximum absolute atomic E-state index is 12.3. The molecule has 174 valence electrons. The van der Waals surface area contributed by atoms with Gasteiger partial charge in [-0.1, -0.05) is 92.7 Å². The van der Waals surface area contributed by atoms with Crippen molar-refractivity contribution >= 4 is 11.7 Å². The lowest BCUT2D eigenvalue weighted by molar-refractivity contribution is -0.117. The number of unbranched alkanes of at least 4 members (excludes halogenated alkanes) is 1. The Balaban J connectivity index is 3.04. The second kappa shape index (κ2) is 16.0. The van der Waals surface area contributed by atoms with Crippen LogP contribution in [0.25, 0.3) is 0 Å². The molecule has 0 aromatic rings. The SMILES string of the molecule is CCC/C=C/CC1C/C=C/C(=O)C(C)/C=C/C=C\C(O)C(O)\C=C(C)/C=C/C=C/C(=O)N1. The monoisotopic (exact) mass is 439 g/mol. The third-order valence-electron chi connectivity index (χ3n) is 4.86. The molecule has 5 heteroatoms. The van der Waals surface area contributed by atoms with Gasteiger partial charge >= 0.3 is 0 Å². The molecule has 3 N–H and O–H groups in total. The molecule has 5 nitrogen and oxygen atoms in total. The Labute approximate surface area is 192 Å². The molecule has 0 aliphatic carbocycles. The highest BCUT2D eigenvalue weighted by Crippen LogP contribution is 2.08. The number of nitrogens with one attached hydrogen (secondary N) is 1. The molecular weight excluding hydrogens is 402 g/mol. The largest absolute Gasteiger partial charge is 0.386 e. The summed E-state index contributed by atoms with van der Waals surface area (Å²) in [5.74, 6) is -0.577. The molecule has 0 saturated heterocycles. The number of carbonyl (C=O) groups excluding carboxylic acids is 2. The zero-order valence-electron chi connectivity index (χ0n) is 19.4. The number of allylic oxidation sites excluding steroid dienone is 9. The van der Waals surface area contributed by atoms with E-state index < -0.39 is 12.2 Å². The first-order valence-corrected chi connectivity index (χ1v) is 11.2. The van der Waals surface area contributed by atoms with E-state index in [2.05, 4.69) is 24.4 Å². The third-order valence-corrected chi connectivity index (χ3v) is 4.86. The van der Waals surface area contributed by atoms with Gasteiger partial charge in [-0.15, -0.1) is 0 Å². The normalized spacial score (nSPS) is 33.0. The number of hydrogen-bond donors (Lipinski definition) is 3. The predicted molar refractivity (Wildman–Crippen MR) is 131 cm³/mol. The van der Waals surface area contributed by atoms with E-state index in [1.165, 1.54) is 18.2 Å². The predicted octanol–water partition coefficient (Wildman–Crippen LogP) is 4.28. The number of amides is 1. The molecule has 4 unspecified atom stereocenters. The summed E-state index contributed by atoms with van der Waals surface area (Å²) < 4.78 is 0. The molecule has 32 heavy (non-hydrogen) atoms. The lowest BCUT2D eigenvalue weighted by Gasteiger charge is -2.14. The van der Waals surface area contributed by atoms with Crippen LogP contribution in [-0.4, -0.2) is 40.2 Å². The third kappa shape index (κ3) is 12.2. The molecule has 1 aliphatic heterocycles. The van der Waals surface area contributed by atoms with Gasteiger partial charge in [-0.2, -0.15) is 0 Å². The minimum Gasteiger partial charge on any atom is -0.386 e. The number of aliphatic hydroxyl groups is 2. The maximum Gasteiger partial charge on any atom is 0.244 e. The summed E-state index contributed by atoms with van der Waals surface area (Å²) in [5.41, 5.74) is 0.753. The van der Waals surface area contributed by atoms with Gasteiger partial charge in [-0.25, -0.2) is 0 Å². The van der Waals surface area contributed by atoms with Crippen molar-refractivity contribution in [2.24, 2.45) is 5.92 Å². The molecule has 1 amide bonds. The zero-order valence-corrected chi connectivity index (χ0v) is 19.4. The summed E-state index contributed by atoms with van der Waals surface area (Å²) in [6, 6.07) is -0.106. The number of aliphatic hydroxyl groups excluding tert-OH is 2. The first kappa shape index (κ1) is 27.3. The van der Waals surface area contributed by atoms with Crippen molar-refractivity contribution in [2.75, 3.05) is 0 Å². The van der Waals surface area contributed by atoms with Crippen LogP contribution < -0.4 is 5.32 Å². The van der Waals surface area contributed by atoms with E-state index in [0.29, 0.717) is 12.8 Å². The Bertz CT molecular complexity index is 798. The van der Waals surface area contributed by atoms with Gasteiger partial charge in [0, 0.05) is 18.0 Å². The van der Waals surface area contributed by atoms with Gasteiger partial charge in [0.15, 0.2) is 5.78 Å². The van der Waals surface area contributed by atoms with E-state index in [0.717, 1.165) is 18.4 Å². The Morgan fingerprint density at radius 3 is 2.47 bits per heavy atom. The fourth-order valence-electron chi connectivity index (χ4n) is 2.90. The minimum absolute atomic E-state index is 0.0418. The van der Waals surface area contributed by atoms with Crippen molar-refractivity contribution in [1.82, 2.24) is 5.32 Å². The van der Waals surface area contributed by atoms with Crippen molar-refractivity contribution in [3.63, 3.8) is 0 Å². The fraction of sp³-hybridized carbons (Fsp3) is 0.407. The molecule has 1 heterocycles. The van der Waals surface area contributed by atoms with Crippen molar-refractivity contribution in [1.29, 1.82) is 0 Å². The first-order valence-electron chi connectivity index (χ1n) is 11.2. The molecule has 0 bridgehead atoms. The highest BCUT2D eigenvalue weighted by molar-refractivity contribution is 5.92. The zero-order chi connectivity index (χ0) is 23.8. The van der Waals surface area contributed by atoms with E-state index in [9.17, 15) is 19.8 Å². The van der Waals surface area contributed by atoms with Crippen LogP contribution in [0.1, 0.15) is 46.5 Å². The van der Waals surface area contributed by atoms with E-state index in [-0.39, 0.29) is 23.7 Å². The Morgan fingerprint density at radius 1 is 1.00 bits per heavy atom. The number of rotatable bonds is 4. The lowest BCUT2D eigenvalue weighted by atomic mass is 10.0. The van der Waals surface area contributed by atoms with Crippen LogP contribution >= 0.6 is 0 Å². The molecule has 0 spiro atoms. The van der Waals surface area contributed by atoms with Crippen LogP contribution in [0.15, 0.2) is 84.6 Å².